The summed E-state index contributed by atoms with van der Waals surface area (Å²) in [6.07, 6.45) is -0.493. The maximum atomic E-state index is 10.5. The van der Waals surface area contributed by atoms with Gasteiger partial charge in [-0.25, -0.2) is 0 Å². The fourth-order valence-corrected chi connectivity index (χ4v) is 0.991. The summed E-state index contributed by atoms with van der Waals surface area (Å²) in [7, 11) is 0. The summed E-state index contributed by atoms with van der Waals surface area (Å²) < 4.78 is 0. The van der Waals surface area contributed by atoms with Gasteiger partial charge < -0.3 is 25.5 Å². The molecule has 0 saturated heterocycles. The number of carbonyl (C=O) groups excluding carboxylic acids is 1. The maximum absolute atomic E-state index is 10.5. The van der Waals surface area contributed by atoms with Crippen LogP contribution in [0.25, 0.3) is 0 Å². The number of nitrogens with two attached hydrogens (primary N) is 6. The zero-order valence-electron chi connectivity index (χ0n) is 9.19. The zero-order valence-corrected chi connectivity index (χ0v) is 9.19. The molecule has 18 heavy (non-hydrogen) atoms. The molecule has 0 aliphatic heterocycles. The molecule has 0 spiro atoms. The lowest BCUT2D eigenvalue weighted by atomic mass is 9.81. The first kappa shape index (κ1) is 17.2. The maximum Gasteiger partial charge on any atom is 0.218 e. The van der Waals surface area contributed by atoms with Crippen LogP contribution in [0.2, 0.25) is 0 Å². The summed E-state index contributed by atoms with van der Waals surface area (Å²) in [6, 6.07) is 0. The molecule has 0 aliphatic carbocycles. The molecule has 0 unspecified atom stereocenters. The van der Waals surface area contributed by atoms with Crippen LogP contribution in [0.15, 0.2) is 0 Å². The third-order valence-corrected chi connectivity index (χ3v) is 2.56. The first-order valence-electron chi connectivity index (χ1n) is 4.37. The van der Waals surface area contributed by atoms with Crippen LogP contribution in [-0.2, 0) is 4.79 Å². The SMILES string of the molecule is NC(N)(O)[C@@](N)(O)[C@@](N)(O)[C@](N)(O)[C@@](N)(O)C=O. The lowest BCUT2D eigenvalue weighted by Crippen LogP contribution is -2.93. The van der Waals surface area contributed by atoms with E-state index in [2.05, 4.69) is 0 Å². The normalized spacial score (nSPS) is 26.4. The van der Waals surface area contributed by atoms with Gasteiger partial charge in [0.25, 0.3) is 0 Å². The molecule has 108 valence electrons. The standard InChI is InChI=1S/C6H18N6O6/c7-2(14,1-13)3(8,15)4(9,16)5(10,17)6(11,12)18/h1,14-18H,7-12H2/t2-,3+,4-,5-/m0/s1. The number of hydrogen-bond donors (Lipinski definition) is 11. The highest BCUT2D eigenvalue weighted by atomic mass is 16.5. The Balaban J connectivity index is 5.87. The van der Waals surface area contributed by atoms with E-state index in [4.69, 9.17) is 39.5 Å². The highest BCUT2D eigenvalue weighted by Crippen LogP contribution is 2.30. The van der Waals surface area contributed by atoms with Gasteiger partial charge in [0.2, 0.25) is 28.7 Å². The summed E-state index contributed by atoms with van der Waals surface area (Å²) >= 11 is 0. The van der Waals surface area contributed by atoms with Gasteiger partial charge in [0.05, 0.1) is 0 Å². The van der Waals surface area contributed by atoms with Gasteiger partial charge in [0, 0.05) is 0 Å². The Bertz CT molecular complexity index is 334. The van der Waals surface area contributed by atoms with Crippen molar-refractivity contribution in [2.75, 3.05) is 0 Å². The molecule has 0 fully saturated rings. The highest BCUT2D eigenvalue weighted by Gasteiger charge is 2.69. The average Bonchev–Trinajstić information content (AvgIpc) is 2.15. The predicted octanol–water partition coefficient (Wildman–Crippen LogP) is -7.66. The molecule has 12 heteroatoms. The highest BCUT2D eigenvalue weighted by molar-refractivity contribution is 5.64. The Hall–Kier alpha value is -0.770. The van der Waals surface area contributed by atoms with E-state index in [0.29, 0.717) is 0 Å². The van der Waals surface area contributed by atoms with Crippen molar-refractivity contribution in [2.45, 2.75) is 28.7 Å². The fraction of sp³-hybridized carbons (Fsp3) is 0.833. The molecule has 17 N–H and O–H groups in total. The van der Waals surface area contributed by atoms with Gasteiger partial charge in [-0.2, -0.15) is 0 Å². The lowest BCUT2D eigenvalue weighted by molar-refractivity contribution is -0.322. The van der Waals surface area contributed by atoms with Crippen LogP contribution in [0.5, 0.6) is 0 Å². The first-order valence-corrected chi connectivity index (χ1v) is 4.37. The van der Waals surface area contributed by atoms with E-state index in [1.54, 1.807) is 0 Å². The van der Waals surface area contributed by atoms with Gasteiger partial charge in [-0.15, -0.1) is 0 Å². The first-order chi connectivity index (χ1) is 7.56. The number of hydrogen-bond acceptors (Lipinski definition) is 12. The average molecular weight is 270 g/mol. The van der Waals surface area contributed by atoms with Crippen molar-refractivity contribution >= 4 is 6.29 Å². The monoisotopic (exact) mass is 270 g/mol. The second-order valence-corrected chi connectivity index (χ2v) is 4.07. The molecule has 0 saturated carbocycles. The molecule has 0 bridgehead atoms. The van der Waals surface area contributed by atoms with Crippen molar-refractivity contribution < 1.29 is 30.3 Å². The topological polar surface area (TPSA) is 274 Å². The quantitative estimate of drug-likeness (QED) is 0.164. The molecule has 0 aliphatic rings. The van der Waals surface area contributed by atoms with Gasteiger partial charge in [-0.3, -0.25) is 39.2 Å². The molecule has 0 aromatic heterocycles. The van der Waals surface area contributed by atoms with Crippen molar-refractivity contribution in [1.82, 2.24) is 0 Å². The number of aliphatic hydroxyl groups is 5. The third-order valence-electron chi connectivity index (χ3n) is 2.56. The third kappa shape index (κ3) is 2.11. The predicted molar refractivity (Wildman–Crippen MR) is 55.9 cm³/mol. The van der Waals surface area contributed by atoms with Crippen molar-refractivity contribution in [2.24, 2.45) is 34.4 Å². The van der Waals surface area contributed by atoms with E-state index in [0.717, 1.165) is 0 Å². The Morgan fingerprint density at radius 3 is 1.22 bits per heavy atom. The van der Waals surface area contributed by atoms with Gasteiger partial charge in [0.1, 0.15) is 0 Å². The Morgan fingerprint density at radius 1 is 0.667 bits per heavy atom. The van der Waals surface area contributed by atoms with E-state index in [1.165, 1.54) is 0 Å². The van der Waals surface area contributed by atoms with Gasteiger partial charge in [-0.05, 0) is 0 Å². The van der Waals surface area contributed by atoms with Crippen molar-refractivity contribution in [3.63, 3.8) is 0 Å². The molecule has 0 heterocycles. The number of carbonyl (C=O) groups is 1. The minimum atomic E-state index is -3.68. The van der Waals surface area contributed by atoms with Crippen molar-refractivity contribution in [1.29, 1.82) is 0 Å². The van der Waals surface area contributed by atoms with Gasteiger partial charge in [-0.1, -0.05) is 0 Å². The zero-order chi connectivity index (χ0) is 15.2. The van der Waals surface area contributed by atoms with Crippen LogP contribution in [0.3, 0.4) is 0 Å². The van der Waals surface area contributed by atoms with E-state index < -0.39 is 35.0 Å². The summed E-state index contributed by atoms with van der Waals surface area (Å²) in [6.45, 7) is 0. The Kier molecular flexibility index (Phi) is 3.94. The second kappa shape index (κ2) is 4.12. The van der Waals surface area contributed by atoms with Crippen molar-refractivity contribution in [3.05, 3.63) is 0 Å². The van der Waals surface area contributed by atoms with Crippen LogP contribution in [-0.4, -0.2) is 60.6 Å². The van der Waals surface area contributed by atoms with E-state index in [9.17, 15) is 25.2 Å². The summed E-state index contributed by atoms with van der Waals surface area (Å²) in [5.74, 6) is -3.26. The van der Waals surface area contributed by atoms with E-state index in [1.807, 2.05) is 0 Å². The molecule has 12 nitrogen and oxygen atoms in total. The Labute approximate surface area is 101 Å². The van der Waals surface area contributed by atoms with Crippen LogP contribution in [0.1, 0.15) is 0 Å². The fourth-order valence-electron chi connectivity index (χ4n) is 0.991. The molecule has 0 rings (SSSR count). The lowest BCUT2D eigenvalue weighted by Gasteiger charge is -2.52. The molecular weight excluding hydrogens is 252 g/mol. The van der Waals surface area contributed by atoms with Gasteiger partial charge >= 0.3 is 0 Å². The van der Waals surface area contributed by atoms with Crippen LogP contribution < -0.4 is 34.4 Å². The number of rotatable bonds is 5. The van der Waals surface area contributed by atoms with Crippen LogP contribution >= 0.6 is 0 Å². The van der Waals surface area contributed by atoms with E-state index in [-0.39, 0.29) is 0 Å². The summed E-state index contributed by atoms with van der Waals surface area (Å²) in [5.41, 5.74) is 15.3. The molecule has 4 atom stereocenters. The molecular formula is C6H18N6O6. The molecule has 0 amide bonds. The van der Waals surface area contributed by atoms with Crippen molar-refractivity contribution in [3.8, 4) is 0 Å². The summed E-state index contributed by atoms with van der Waals surface area (Å²) in [5, 5.41) is 47.3. The summed E-state index contributed by atoms with van der Waals surface area (Å²) in [4.78, 5) is 10.5. The second-order valence-electron chi connectivity index (χ2n) is 4.07. The van der Waals surface area contributed by atoms with E-state index >= 15 is 0 Å². The number of aldehydes is 1. The molecule has 0 aromatic carbocycles. The minimum absolute atomic E-state index is 0.493. The Morgan fingerprint density at radius 2 is 1.00 bits per heavy atom. The van der Waals surface area contributed by atoms with Gasteiger partial charge in [0.15, 0.2) is 6.29 Å². The largest absolute Gasteiger partial charge is 0.368 e. The van der Waals surface area contributed by atoms with Crippen LogP contribution in [0.4, 0.5) is 0 Å². The molecule has 0 aromatic rings. The minimum Gasteiger partial charge on any atom is -0.368 e. The smallest absolute Gasteiger partial charge is 0.218 e. The molecule has 0 radical (unpaired) electrons. The van der Waals surface area contributed by atoms with Crippen LogP contribution in [0, 0.1) is 0 Å².